The molecule has 0 bridgehead atoms. The van der Waals surface area contributed by atoms with Crippen LogP contribution in [0.25, 0.3) is 0 Å². The van der Waals surface area contributed by atoms with Crippen molar-refractivity contribution >= 4 is 11.3 Å². The van der Waals surface area contributed by atoms with E-state index in [-0.39, 0.29) is 0 Å². The second-order valence-corrected chi connectivity index (χ2v) is 5.50. The average molecular weight is 245 g/mol. The summed E-state index contributed by atoms with van der Waals surface area (Å²) >= 11 is 1.83. The number of rotatable bonds is 3. The standard InChI is InChI=1S/C15H19NS/c1-10-5-6-11(2)13(9-10)14(16-4)15-12(3)7-8-17-15/h5-9,14,16H,1-4H3. The molecule has 90 valence electrons. The molecule has 0 aliphatic carbocycles. The Labute approximate surface area is 108 Å². The summed E-state index contributed by atoms with van der Waals surface area (Å²) in [5.41, 5.74) is 5.43. The molecule has 0 aliphatic rings. The van der Waals surface area contributed by atoms with E-state index < -0.39 is 0 Å². The summed E-state index contributed by atoms with van der Waals surface area (Å²) in [4.78, 5) is 1.42. The fourth-order valence-electron chi connectivity index (χ4n) is 2.18. The summed E-state index contributed by atoms with van der Waals surface area (Å²) < 4.78 is 0. The molecule has 1 aromatic carbocycles. The number of thiophene rings is 1. The fraction of sp³-hybridized carbons (Fsp3) is 0.333. The van der Waals surface area contributed by atoms with Crippen molar-refractivity contribution in [3.05, 3.63) is 56.8 Å². The molecule has 0 fully saturated rings. The lowest BCUT2D eigenvalue weighted by atomic mass is 9.96. The lowest BCUT2D eigenvalue weighted by Gasteiger charge is -2.19. The molecule has 2 aromatic rings. The Bertz CT molecular complexity index is 513. The molecule has 0 saturated heterocycles. The minimum atomic E-state index is 0.315. The van der Waals surface area contributed by atoms with Gasteiger partial charge in [-0.1, -0.05) is 23.8 Å². The van der Waals surface area contributed by atoms with Crippen LogP contribution in [0.1, 0.15) is 33.2 Å². The molecule has 0 spiro atoms. The third kappa shape index (κ3) is 2.43. The number of hydrogen-bond donors (Lipinski definition) is 1. The van der Waals surface area contributed by atoms with Crippen LogP contribution in [0.2, 0.25) is 0 Å². The predicted molar refractivity (Wildman–Crippen MR) is 75.9 cm³/mol. The van der Waals surface area contributed by atoms with Crippen molar-refractivity contribution in [2.75, 3.05) is 7.05 Å². The van der Waals surface area contributed by atoms with E-state index in [1.54, 1.807) is 0 Å². The van der Waals surface area contributed by atoms with Gasteiger partial charge in [0.15, 0.2) is 0 Å². The number of nitrogens with one attached hydrogen (secondary N) is 1. The first kappa shape index (κ1) is 12.3. The molecule has 1 aromatic heterocycles. The van der Waals surface area contributed by atoms with E-state index in [1.165, 1.54) is 27.1 Å². The van der Waals surface area contributed by atoms with Gasteiger partial charge < -0.3 is 5.32 Å². The molecule has 0 amide bonds. The van der Waals surface area contributed by atoms with Crippen molar-refractivity contribution in [3.63, 3.8) is 0 Å². The molecule has 1 unspecified atom stereocenters. The summed E-state index contributed by atoms with van der Waals surface area (Å²) in [7, 11) is 2.03. The lowest BCUT2D eigenvalue weighted by molar-refractivity contribution is 0.695. The van der Waals surface area contributed by atoms with Gasteiger partial charge in [-0.05, 0) is 56.0 Å². The van der Waals surface area contributed by atoms with Gasteiger partial charge in [0.25, 0.3) is 0 Å². The number of hydrogen-bond acceptors (Lipinski definition) is 2. The average Bonchev–Trinajstić information content (AvgIpc) is 2.71. The SMILES string of the molecule is CNC(c1cc(C)ccc1C)c1sccc1C. The highest BCUT2D eigenvalue weighted by Crippen LogP contribution is 2.31. The van der Waals surface area contributed by atoms with Crippen LogP contribution in [-0.2, 0) is 0 Å². The second kappa shape index (κ2) is 5.03. The lowest BCUT2D eigenvalue weighted by Crippen LogP contribution is -2.18. The summed E-state index contributed by atoms with van der Waals surface area (Å²) in [5, 5.41) is 5.61. The molecule has 0 aliphatic heterocycles. The number of aryl methyl sites for hydroxylation is 3. The van der Waals surface area contributed by atoms with Crippen LogP contribution in [0.5, 0.6) is 0 Å². The van der Waals surface area contributed by atoms with Gasteiger partial charge in [0, 0.05) is 4.88 Å². The molecular weight excluding hydrogens is 226 g/mol. The van der Waals surface area contributed by atoms with Gasteiger partial charge in [-0.3, -0.25) is 0 Å². The third-order valence-electron chi connectivity index (χ3n) is 3.20. The van der Waals surface area contributed by atoms with Gasteiger partial charge in [-0.15, -0.1) is 11.3 Å². The monoisotopic (exact) mass is 245 g/mol. The van der Waals surface area contributed by atoms with E-state index in [2.05, 4.69) is 55.7 Å². The molecule has 1 heterocycles. The van der Waals surface area contributed by atoms with Crippen molar-refractivity contribution in [3.8, 4) is 0 Å². The van der Waals surface area contributed by atoms with E-state index in [0.717, 1.165) is 0 Å². The first-order chi connectivity index (χ1) is 8.13. The Hall–Kier alpha value is -1.12. The zero-order valence-electron chi connectivity index (χ0n) is 10.9. The van der Waals surface area contributed by atoms with Gasteiger partial charge in [0.05, 0.1) is 6.04 Å². The van der Waals surface area contributed by atoms with Gasteiger partial charge in [-0.2, -0.15) is 0 Å². The largest absolute Gasteiger partial charge is 0.309 e. The maximum Gasteiger partial charge on any atom is 0.0673 e. The van der Waals surface area contributed by atoms with E-state index in [1.807, 2.05) is 18.4 Å². The third-order valence-corrected chi connectivity index (χ3v) is 4.28. The van der Waals surface area contributed by atoms with Crippen molar-refractivity contribution < 1.29 is 0 Å². The van der Waals surface area contributed by atoms with Crippen molar-refractivity contribution in [2.24, 2.45) is 0 Å². The summed E-state index contributed by atoms with van der Waals surface area (Å²) in [6.45, 7) is 6.51. The Morgan fingerprint density at radius 2 is 1.82 bits per heavy atom. The molecule has 17 heavy (non-hydrogen) atoms. The highest BCUT2D eigenvalue weighted by Gasteiger charge is 2.17. The molecule has 1 atom stereocenters. The molecular formula is C15H19NS. The van der Waals surface area contributed by atoms with E-state index >= 15 is 0 Å². The summed E-state index contributed by atoms with van der Waals surface area (Å²) in [6.07, 6.45) is 0. The molecule has 1 N–H and O–H groups in total. The Balaban J connectivity index is 2.49. The normalized spacial score (nSPS) is 12.7. The predicted octanol–water partition coefficient (Wildman–Crippen LogP) is 3.98. The maximum absolute atomic E-state index is 3.44. The van der Waals surface area contributed by atoms with Crippen LogP contribution in [0, 0.1) is 20.8 Å². The highest BCUT2D eigenvalue weighted by atomic mass is 32.1. The quantitative estimate of drug-likeness (QED) is 0.862. The van der Waals surface area contributed by atoms with E-state index in [9.17, 15) is 0 Å². The molecule has 2 rings (SSSR count). The maximum atomic E-state index is 3.44. The second-order valence-electron chi connectivity index (χ2n) is 4.55. The van der Waals surface area contributed by atoms with E-state index in [4.69, 9.17) is 0 Å². The van der Waals surface area contributed by atoms with Crippen LogP contribution in [0.4, 0.5) is 0 Å². The van der Waals surface area contributed by atoms with Crippen LogP contribution < -0.4 is 5.32 Å². The van der Waals surface area contributed by atoms with Crippen molar-refractivity contribution in [1.29, 1.82) is 0 Å². The minimum absolute atomic E-state index is 0.315. The zero-order valence-corrected chi connectivity index (χ0v) is 11.7. The smallest absolute Gasteiger partial charge is 0.0673 e. The molecule has 0 radical (unpaired) electrons. The van der Waals surface area contributed by atoms with Gasteiger partial charge in [-0.25, -0.2) is 0 Å². The minimum Gasteiger partial charge on any atom is -0.309 e. The highest BCUT2D eigenvalue weighted by molar-refractivity contribution is 7.10. The fourth-order valence-corrected chi connectivity index (χ4v) is 3.23. The van der Waals surface area contributed by atoms with Crippen LogP contribution in [0.3, 0.4) is 0 Å². The first-order valence-electron chi connectivity index (χ1n) is 5.92. The first-order valence-corrected chi connectivity index (χ1v) is 6.80. The van der Waals surface area contributed by atoms with Crippen LogP contribution in [0.15, 0.2) is 29.6 Å². The van der Waals surface area contributed by atoms with Crippen molar-refractivity contribution in [2.45, 2.75) is 26.8 Å². The Kier molecular flexibility index (Phi) is 3.65. The van der Waals surface area contributed by atoms with Crippen LogP contribution >= 0.6 is 11.3 Å². The number of benzene rings is 1. The summed E-state index contributed by atoms with van der Waals surface area (Å²) in [5.74, 6) is 0. The van der Waals surface area contributed by atoms with Gasteiger partial charge in [0.2, 0.25) is 0 Å². The van der Waals surface area contributed by atoms with E-state index in [0.29, 0.717) is 6.04 Å². The molecule has 1 nitrogen and oxygen atoms in total. The van der Waals surface area contributed by atoms with Crippen molar-refractivity contribution in [1.82, 2.24) is 5.32 Å². The molecule has 0 saturated carbocycles. The topological polar surface area (TPSA) is 12.0 Å². The zero-order chi connectivity index (χ0) is 12.4. The van der Waals surface area contributed by atoms with Gasteiger partial charge >= 0.3 is 0 Å². The molecule has 2 heteroatoms. The summed E-state index contributed by atoms with van der Waals surface area (Å²) in [6, 6.07) is 9.17. The Morgan fingerprint density at radius 3 is 2.41 bits per heavy atom. The van der Waals surface area contributed by atoms with Crippen LogP contribution in [-0.4, -0.2) is 7.05 Å². The van der Waals surface area contributed by atoms with Gasteiger partial charge in [0.1, 0.15) is 0 Å². The Morgan fingerprint density at radius 1 is 1.06 bits per heavy atom.